The van der Waals surface area contributed by atoms with Crippen molar-refractivity contribution in [2.45, 2.75) is 69.2 Å². The summed E-state index contributed by atoms with van der Waals surface area (Å²) in [4.78, 5) is 18.7. The lowest BCUT2D eigenvalue weighted by atomic mass is 9.96. The maximum Gasteiger partial charge on any atom is 0.325 e. The minimum atomic E-state index is -1.18. The molecule has 3 aliphatic rings. The van der Waals surface area contributed by atoms with Crippen molar-refractivity contribution in [3.05, 3.63) is 58.8 Å². The number of hydrogen-bond donors (Lipinski definition) is 2. The van der Waals surface area contributed by atoms with Gasteiger partial charge in [0.15, 0.2) is 0 Å². The van der Waals surface area contributed by atoms with E-state index in [1.54, 1.807) is 4.90 Å². The van der Waals surface area contributed by atoms with Crippen LogP contribution in [0.4, 0.5) is 10.2 Å². The smallest absolute Gasteiger partial charge is 0.325 e. The van der Waals surface area contributed by atoms with Crippen molar-refractivity contribution in [1.82, 2.24) is 9.88 Å². The van der Waals surface area contributed by atoms with Gasteiger partial charge in [0.05, 0.1) is 0 Å². The number of hydrogen-bond acceptors (Lipinski definition) is 5. The Morgan fingerprint density at radius 1 is 1.21 bits per heavy atom. The molecular formula is C27H34FN3O3. The second-order valence-corrected chi connectivity index (χ2v) is 9.82. The molecule has 6 nitrogen and oxygen atoms in total. The van der Waals surface area contributed by atoms with Crippen LogP contribution in [-0.4, -0.2) is 59.5 Å². The van der Waals surface area contributed by atoms with Gasteiger partial charge in [-0.05, 0) is 73.6 Å². The van der Waals surface area contributed by atoms with E-state index in [9.17, 15) is 14.3 Å². The predicted octanol–water partition coefficient (Wildman–Crippen LogP) is 4.50. The van der Waals surface area contributed by atoms with Crippen LogP contribution in [0.5, 0.6) is 0 Å². The molecule has 34 heavy (non-hydrogen) atoms. The summed E-state index contributed by atoms with van der Waals surface area (Å²) in [6.45, 7) is 1.84. The van der Waals surface area contributed by atoms with Crippen molar-refractivity contribution in [1.29, 1.82) is 0 Å². The summed E-state index contributed by atoms with van der Waals surface area (Å²) in [5.41, 5.74) is 4.26. The van der Waals surface area contributed by atoms with Crippen LogP contribution < -0.4 is 5.32 Å². The van der Waals surface area contributed by atoms with Gasteiger partial charge in [0, 0.05) is 31.9 Å². The zero-order valence-corrected chi connectivity index (χ0v) is 19.6. The number of benzene rings is 1. The molecule has 1 aromatic carbocycles. The van der Waals surface area contributed by atoms with Crippen molar-refractivity contribution in [3.8, 4) is 0 Å². The van der Waals surface area contributed by atoms with Crippen LogP contribution in [-0.2, 0) is 22.4 Å². The highest BCUT2D eigenvalue weighted by molar-refractivity contribution is 5.76. The second-order valence-electron chi connectivity index (χ2n) is 9.82. The average molecular weight is 468 g/mol. The number of pyridine rings is 1. The summed E-state index contributed by atoms with van der Waals surface area (Å²) < 4.78 is 20.7. The summed E-state index contributed by atoms with van der Waals surface area (Å²) in [5.74, 6) is 0.532. The molecule has 2 N–H and O–H groups in total. The molecule has 2 aromatic rings. The van der Waals surface area contributed by atoms with Gasteiger partial charge >= 0.3 is 5.97 Å². The zero-order chi connectivity index (χ0) is 23.5. The largest absolute Gasteiger partial charge is 0.480 e. The molecule has 1 unspecified atom stereocenters. The lowest BCUT2D eigenvalue weighted by Gasteiger charge is -2.26. The Balaban J connectivity index is 1.12. The SMILES string of the molecule is O=C(O)C(c1ccccc1C1CC1)N1C[C@H](F)[C@H](OCCCCc2ccc3c(n2)NCCC3)C1. The third-order valence-electron chi connectivity index (χ3n) is 7.24. The highest BCUT2D eigenvalue weighted by atomic mass is 19.1. The van der Waals surface area contributed by atoms with Crippen molar-refractivity contribution in [3.63, 3.8) is 0 Å². The Morgan fingerprint density at radius 2 is 2.06 bits per heavy atom. The molecule has 3 atom stereocenters. The van der Waals surface area contributed by atoms with Gasteiger partial charge in [-0.1, -0.05) is 30.3 Å². The number of carboxylic acid groups (broad SMARTS) is 1. The first-order valence-electron chi connectivity index (χ1n) is 12.6. The third-order valence-corrected chi connectivity index (χ3v) is 7.24. The van der Waals surface area contributed by atoms with Gasteiger partial charge in [-0.15, -0.1) is 0 Å². The van der Waals surface area contributed by atoms with E-state index in [1.165, 1.54) is 5.56 Å². The molecule has 0 spiro atoms. The predicted molar refractivity (Wildman–Crippen MR) is 129 cm³/mol. The van der Waals surface area contributed by atoms with E-state index in [4.69, 9.17) is 9.72 Å². The zero-order valence-electron chi connectivity index (χ0n) is 19.6. The van der Waals surface area contributed by atoms with Crippen LogP contribution >= 0.6 is 0 Å². The monoisotopic (exact) mass is 467 g/mol. The molecular weight excluding hydrogens is 433 g/mol. The van der Waals surface area contributed by atoms with Crippen molar-refractivity contribution < 1.29 is 19.0 Å². The second kappa shape index (κ2) is 10.4. The molecule has 0 radical (unpaired) electrons. The van der Waals surface area contributed by atoms with Gasteiger partial charge in [0.2, 0.25) is 0 Å². The number of ether oxygens (including phenoxy) is 1. The molecule has 1 aliphatic carbocycles. The fourth-order valence-corrected chi connectivity index (χ4v) is 5.29. The van der Waals surface area contributed by atoms with E-state index in [2.05, 4.69) is 17.4 Å². The molecule has 1 saturated carbocycles. The Labute approximate surface area is 200 Å². The standard InChI is InChI=1S/C27H34FN3O3/c28-23-16-31(25(27(32)33)22-9-2-1-8-21(22)18-10-11-18)17-24(23)34-15-4-3-7-20-13-12-19-6-5-14-29-26(19)30-20/h1-2,8-9,12-13,18,23-25H,3-7,10-11,14-17H2,(H,29,30)(H,32,33)/t23-,24+,25?/m0/s1. The number of alkyl halides is 1. The van der Waals surface area contributed by atoms with E-state index in [0.29, 0.717) is 19.1 Å². The lowest BCUT2D eigenvalue weighted by molar-refractivity contribution is -0.143. The van der Waals surface area contributed by atoms with Gasteiger partial charge in [-0.25, -0.2) is 9.37 Å². The van der Waals surface area contributed by atoms with E-state index in [1.807, 2.05) is 24.3 Å². The minimum absolute atomic E-state index is 0.0900. The van der Waals surface area contributed by atoms with Gasteiger partial charge in [-0.2, -0.15) is 0 Å². The number of aromatic nitrogens is 1. The number of fused-ring (bicyclic) bond motifs is 1. The minimum Gasteiger partial charge on any atom is -0.480 e. The van der Waals surface area contributed by atoms with Crippen molar-refractivity contribution in [2.24, 2.45) is 0 Å². The molecule has 1 aromatic heterocycles. The van der Waals surface area contributed by atoms with Crippen molar-refractivity contribution >= 4 is 11.8 Å². The van der Waals surface area contributed by atoms with E-state index in [-0.39, 0.29) is 6.54 Å². The number of aliphatic carboxylic acids is 1. The number of unbranched alkanes of at least 4 members (excludes halogenated alkanes) is 1. The normalized spacial score (nSPS) is 23.3. The number of nitrogens with one attached hydrogen (secondary N) is 1. The lowest BCUT2D eigenvalue weighted by Crippen LogP contribution is -2.34. The number of nitrogens with zero attached hydrogens (tertiary/aromatic N) is 2. The molecule has 0 bridgehead atoms. The third kappa shape index (κ3) is 5.26. The number of rotatable bonds is 10. The van der Waals surface area contributed by atoms with Gasteiger partial charge in [0.25, 0.3) is 0 Å². The fourth-order valence-electron chi connectivity index (χ4n) is 5.29. The van der Waals surface area contributed by atoms with E-state index >= 15 is 0 Å². The summed E-state index contributed by atoms with van der Waals surface area (Å²) >= 11 is 0. The van der Waals surface area contributed by atoms with Gasteiger partial charge < -0.3 is 15.2 Å². The Kier molecular flexibility index (Phi) is 7.11. The number of aryl methyl sites for hydroxylation is 2. The quantitative estimate of drug-likeness (QED) is 0.501. The molecule has 7 heteroatoms. The number of carbonyl (C=O) groups is 1. The highest BCUT2D eigenvalue weighted by Crippen LogP contribution is 2.44. The molecule has 0 amide bonds. The van der Waals surface area contributed by atoms with Crippen LogP contribution in [0.1, 0.15) is 66.4 Å². The van der Waals surface area contributed by atoms with Gasteiger partial charge in [0.1, 0.15) is 24.1 Å². The first-order valence-corrected chi connectivity index (χ1v) is 12.6. The van der Waals surface area contributed by atoms with Gasteiger partial charge in [-0.3, -0.25) is 9.69 Å². The van der Waals surface area contributed by atoms with Crippen LogP contribution in [0.2, 0.25) is 0 Å². The van der Waals surface area contributed by atoms with E-state index in [0.717, 1.165) is 74.1 Å². The Bertz CT molecular complexity index is 1010. The number of halogens is 1. The van der Waals surface area contributed by atoms with Crippen LogP contribution in [0.15, 0.2) is 36.4 Å². The summed E-state index contributed by atoms with van der Waals surface area (Å²) in [6.07, 6.45) is 5.28. The summed E-state index contributed by atoms with van der Waals surface area (Å²) in [5, 5.41) is 13.4. The van der Waals surface area contributed by atoms with Crippen molar-refractivity contribution in [2.75, 3.05) is 31.6 Å². The maximum atomic E-state index is 14.8. The molecule has 2 fully saturated rings. The maximum absolute atomic E-state index is 14.8. The Hall–Kier alpha value is -2.51. The van der Waals surface area contributed by atoms with Crippen LogP contribution in [0.3, 0.4) is 0 Å². The number of carboxylic acids is 1. The van der Waals surface area contributed by atoms with Crippen LogP contribution in [0.25, 0.3) is 0 Å². The Morgan fingerprint density at radius 3 is 2.88 bits per heavy atom. The van der Waals surface area contributed by atoms with E-state index < -0.39 is 24.3 Å². The topological polar surface area (TPSA) is 74.7 Å². The summed E-state index contributed by atoms with van der Waals surface area (Å²) in [6, 6.07) is 11.2. The first-order chi connectivity index (χ1) is 16.6. The molecule has 1 saturated heterocycles. The van der Waals surface area contributed by atoms with Crippen LogP contribution in [0, 0.1) is 0 Å². The number of likely N-dealkylation sites (tertiary alicyclic amines) is 1. The molecule has 5 rings (SSSR count). The highest BCUT2D eigenvalue weighted by Gasteiger charge is 2.42. The summed E-state index contributed by atoms with van der Waals surface area (Å²) in [7, 11) is 0. The average Bonchev–Trinajstić information content (AvgIpc) is 3.62. The fraction of sp³-hybridized carbons (Fsp3) is 0.556. The molecule has 3 heterocycles. The molecule has 182 valence electrons. The number of anilines is 1. The first kappa shape index (κ1) is 23.2. The molecule has 2 aliphatic heterocycles.